The molecule has 0 aromatic heterocycles. The monoisotopic (exact) mass is 560 g/mol. The van der Waals surface area contributed by atoms with Crippen LogP contribution in [0.1, 0.15) is 30.1 Å². The topological polar surface area (TPSA) is 132 Å². The number of hydrogen-bond acceptors (Lipinski definition) is 7. The lowest BCUT2D eigenvalue weighted by Gasteiger charge is -2.31. The fourth-order valence-electron chi connectivity index (χ4n) is 4.32. The van der Waals surface area contributed by atoms with Crippen molar-refractivity contribution in [3.05, 3.63) is 89.1 Å². The number of aliphatic imine (C=N–C) groups is 1. The second kappa shape index (κ2) is 13.1. The number of anilines is 5. The molecule has 6 N–H and O–H groups in total. The number of nitrogens with one attached hydrogen (secondary N) is 3. The number of aliphatic hydroxyl groups is 1. The minimum absolute atomic E-state index is 0.199. The highest BCUT2D eigenvalue weighted by Gasteiger charge is 2.18. The van der Waals surface area contributed by atoms with Crippen LogP contribution in [-0.2, 0) is 4.79 Å². The molecule has 1 fully saturated rings. The normalized spacial score (nSPS) is 14.6. The van der Waals surface area contributed by atoms with E-state index in [2.05, 4.69) is 25.8 Å². The van der Waals surface area contributed by atoms with E-state index in [0.29, 0.717) is 33.4 Å². The minimum atomic E-state index is -0.376. The summed E-state index contributed by atoms with van der Waals surface area (Å²) in [5.74, 6) is -0.575. The Morgan fingerprint density at radius 2 is 1.60 bits per heavy atom. The highest BCUT2D eigenvalue weighted by molar-refractivity contribution is 6.34. The molecule has 4 rings (SSSR count). The Balaban J connectivity index is 1.33. The number of nitrogens with zero attached hydrogens (tertiary/aromatic N) is 2. The lowest BCUT2D eigenvalue weighted by molar-refractivity contribution is -0.112. The summed E-state index contributed by atoms with van der Waals surface area (Å²) in [6.07, 6.45) is 2.51. The number of nitrogens with two attached hydrogens (primary N) is 1. The molecule has 1 aliphatic heterocycles. The van der Waals surface area contributed by atoms with E-state index in [-0.39, 0.29) is 23.5 Å². The number of aliphatic hydroxyl groups excluding tert-OH is 1. The molecular weight excluding hydrogens is 528 g/mol. The van der Waals surface area contributed by atoms with Crippen molar-refractivity contribution >= 4 is 57.6 Å². The molecule has 9 nitrogen and oxygen atoms in total. The molecule has 3 aromatic rings. The highest BCUT2D eigenvalue weighted by atomic mass is 35.5. The molecule has 208 valence electrons. The van der Waals surface area contributed by atoms with Crippen LogP contribution in [0.25, 0.3) is 0 Å². The van der Waals surface area contributed by atoms with E-state index in [1.165, 1.54) is 6.20 Å². The third-order valence-electron chi connectivity index (χ3n) is 6.74. The van der Waals surface area contributed by atoms with Gasteiger partial charge in [-0.15, -0.1) is 0 Å². The number of hydrogen-bond donors (Lipinski definition) is 5. The summed E-state index contributed by atoms with van der Waals surface area (Å²) in [6, 6.07) is 19.9. The first-order chi connectivity index (χ1) is 19.3. The molecular formula is C30H33ClN6O3. The van der Waals surface area contributed by atoms with E-state index in [1.54, 1.807) is 44.3 Å². The first kappa shape index (κ1) is 28.7. The molecule has 3 aromatic carbocycles. The highest BCUT2D eigenvalue weighted by Crippen LogP contribution is 2.29. The smallest absolute Gasteiger partial charge is 0.258 e. The molecule has 40 heavy (non-hydrogen) atoms. The molecule has 1 heterocycles. The second-order valence-corrected chi connectivity index (χ2v) is 9.87. The molecule has 10 heteroatoms. The molecule has 0 saturated carbocycles. The summed E-state index contributed by atoms with van der Waals surface area (Å²) in [5.41, 5.74) is 10.6. The quantitative estimate of drug-likeness (QED) is 0.191. The van der Waals surface area contributed by atoms with Crippen molar-refractivity contribution in [1.29, 1.82) is 0 Å². The average Bonchev–Trinajstić information content (AvgIpc) is 2.96. The summed E-state index contributed by atoms with van der Waals surface area (Å²) >= 11 is 6.45. The van der Waals surface area contributed by atoms with E-state index in [9.17, 15) is 14.7 Å². The fourth-order valence-corrected chi connectivity index (χ4v) is 4.54. The van der Waals surface area contributed by atoms with Gasteiger partial charge in [0, 0.05) is 60.4 Å². The van der Waals surface area contributed by atoms with E-state index in [1.807, 2.05) is 36.4 Å². The average molecular weight is 561 g/mol. The van der Waals surface area contributed by atoms with Crippen molar-refractivity contribution in [3.8, 4) is 0 Å². The molecule has 0 atom stereocenters. The standard InChI is InChI=1S/C30H33ClN6O3/c1-19(33-2)26(18-32)30(40)36-23-9-12-28(27(31)17-23)34-21-5-7-22(8-6-21)35-29(39)20-3-10-24(11-4-20)37-15-13-25(38)14-16-37/h3-12,17-18,25,34,38H,13-16,32H2,1-2H3,(H,35,39)(H,36,40). The van der Waals surface area contributed by atoms with Gasteiger partial charge >= 0.3 is 0 Å². The lowest BCUT2D eigenvalue weighted by atomic mass is 10.1. The molecule has 0 spiro atoms. The third-order valence-corrected chi connectivity index (χ3v) is 7.06. The van der Waals surface area contributed by atoms with Crippen molar-refractivity contribution in [2.75, 3.05) is 41.0 Å². The number of rotatable bonds is 8. The second-order valence-electron chi connectivity index (χ2n) is 9.46. The molecule has 0 aliphatic carbocycles. The van der Waals surface area contributed by atoms with E-state index in [4.69, 9.17) is 17.3 Å². The van der Waals surface area contributed by atoms with Gasteiger partial charge in [0.05, 0.1) is 22.4 Å². The zero-order valence-electron chi connectivity index (χ0n) is 22.4. The van der Waals surface area contributed by atoms with Crippen LogP contribution in [0.5, 0.6) is 0 Å². The van der Waals surface area contributed by atoms with Gasteiger partial charge < -0.3 is 31.7 Å². The van der Waals surface area contributed by atoms with Crippen molar-refractivity contribution < 1.29 is 14.7 Å². The van der Waals surface area contributed by atoms with Crippen molar-refractivity contribution in [2.45, 2.75) is 25.9 Å². The zero-order valence-corrected chi connectivity index (χ0v) is 23.2. The van der Waals surface area contributed by atoms with Crippen LogP contribution >= 0.6 is 11.6 Å². The maximum absolute atomic E-state index is 12.8. The predicted molar refractivity (Wildman–Crippen MR) is 163 cm³/mol. The Morgan fingerprint density at radius 3 is 2.20 bits per heavy atom. The van der Waals surface area contributed by atoms with Crippen molar-refractivity contribution in [2.24, 2.45) is 10.7 Å². The summed E-state index contributed by atoms with van der Waals surface area (Å²) in [4.78, 5) is 31.5. The van der Waals surface area contributed by atoms with Gasteiger partial charge in [-0.05, 0) is 86.5 Å². The molecule has 0 bridgehead atoms. The Labute approximate surface area is 238 Å². The van der Waals surface area contributed by atoms with Crippen molar-refractivity contribution in [1.82, 2.24) is 0 Å². The van der Waals surface area contributed by atoms with E-state index < -0.39 is 0 Å². The van der Waals surface area contributed by atoms with Gasteiger partial charge in [0.1, 0.15) is 0 Å². The van der Waals surface area contributed by atoms with Crippen LogP contribution in [0.3, 0.4) is 0 Å². The summed E-state index contributed by atoms with van der Waals surface area (Å²) < 4.78 is 0. The first-order valence-electron chi connectivity index (χ1n) is 13.0. The maximum atomic E-state index is 12.8. The number of piperidine rings is 1. The van der Waals surface area contributed by atoms with Gasteiger partial charge in [-0.2, -0.15) is 0 Å². The Hall–Kier alpha value is -4.34. The van der Waals surface area contributed by atoms with Gasteiger partial charge in [0.2, 0.25) is 0 Å². The lowest BCUT2D eigenvalue weighted by Crippen LogP contribution is -2.35. The van der Waals surface area contributed by atoms with Gasteiger partial charge in [-0.25, -0.2) is 0 Å². The van der Waals surface area contributed by atoms with Crippen LogP contribution in [0.4, 0.5) is 28.4 Å². The Bertz CT molecular complexity index is 1410. The van der Waals surface area contributed by atoms with Crippen molar-refractivity contribution in [3.63, 3.8) is 0 Å². The van der Waals surface area contributed by atoms with Crippen LogP contribution in [-0.4, -0.2) is 48.9 Å². The molecule has 2 amide bonds. The zero-order chi connectivity index (χ0) is 28.6. The van der Waals surface area contributed by atoms with Gasteiger partial charge in [0.25, 0.3) is 11.8 Å². The van der Waals surface area contributed by atoms with Gasteiger partial charge in [0.15, 0.2) is 0 Å². The molecule has 0 unspecified atom stereocenters. The van der Waals surface area contributed by atoms with Crippen LogP contribution in [0, 0.1) is 0 Å². The predicted octanol–water partition coefficient (Wildman–Crippen LogP) is 5.17. The number of benzene rings is 3. The summed E-state index contributed by atoms with van der Waals surface area (Å²) in [5, 5.41) is 19.0. The number of carbonyl (C=O) groups excluding carboxylic acids is 2. The van der Waals surface area contributed by atoms with E-state index >= 15 is 0 Å². The van der Waals surface area contributed by atoms with Crippen LogP contribution in [0.15, 0.2) is 83.5 Å². The van der Waals surface area contributed by atoms with Gasteiger partial charge in [-0.1, -0.05) is 11.6 Å². The molecule has 1 saturated heterocycles. The number of amides is 2. The number of carbonyl (C=O) groups is 2. The summed E-state index contributed by atoms with van der Waals surface area (Å²) in [6.45, 7) is 3.32. The summed E-state index contributed by atoms with van der Waals surface area (Å²) in [7, 11) is 1.59. The fraction of sp³-hybridized carbons (Fsp3) is 0.233. The van der Waals surface area contributed by atoms with E-state index in [0.717, 1.165) is 37.3 Å². The molecule has 0 radical (unpaired) electrons. The first-order valence-corrected chi connectivity index (χ1v) is 13.3. The Morgan fingerprint density at radius 1 is 0.975 bits per heavy atom. The number of halogens is 1. The van der Waals surface area contributed by atoms with Crippen LogP contribution < -0.4 is 26.6 Å². The minimum Gasteiger partial charge on any atom is -0.404 e. The van der Waals surface area contributed by atoms with Crippen LogP contribution in [0.2, 0.25) is 5.02 Å². The van der Waals surface area contributed by atoms with Gasteiger partial charge in [-0.3, -0.25) is 14.6 Å². The Kier molecular flexibility index (Phi) is 9.42. The third kappa shape index (κ3) is 7.19. The maximum Gasteiger partial charge on any atom is 0.258 e. The molecule has 1 aliphatic rings. The largest absolute Gasteiger partial charge is 0.404 e. The SMILES string of the molecule is CN=C(C)C(=CN)C(=O)Nc1ccc(Nc2ccc(NC(=O)c3ccc(N4CCC(O)CC4)cc3)cc2)c(Cl)c1.